The van der Waals surface area contributed by atoms with E-state index in [1.807, 2.05) is 18.2 Å². The number of carbonyl (C=O) groups excluding carboxylic acids is 1. The van der Waals surface area contributed by atoms with Crippen molar-refractivity contribution in [2.24, 2.45) is 11.7 Å². The van der Waals surface area contributed by atoms with Crippen molar-refractivity contribution in [1.82, 2.24) is 10.2 Å². The number of nitrogens with one attached hydrogen (secondary N) is 1. The summed E-state index contributed by atoms with van der Waals surface area (Å²) in [6.45, 7) is 6.82. The highest BCUT2D eigenvalue weighted by atomic mass is 16.5. The summed E-state index contributed by atoms with van der Waals surface area (Å²) in [4.78, 5) is 14.7. The molecule has 1 aliphatic rings. The molecular weight excluding hydrogens is 302 g/mol. The lowest BCUT2D eigenvalue weighted by Gasteiger charge is -2.29. The number of hydrogen-bond acceptors (Lipinski definition) is 4. The average Bonchev–Trinajstić information content (AvgIpc) is 3.09. The number of likely N-dealkylation sites (tertiary alicyclic amines) is 1. The fourth-order valence-corrected chi connectivity index (χ4v) is 3.37. The molecule has 5 nitrogen and oxygen atoms in total. The standard InChI is InChI=1S/C19H31N3O2/c1-14(2)12-16(20)19(23)21-13-17(22-10-6-7-11-22)15-8-4-5-9-18(15)24-3/h4-5,8-9,14,16-17H,6-7,10-13,20H2,1-3H3,(H,21,23)/t16-,17?/m0/s1. The largest absolute Gasteiger partial charge is 0.496 e. The van der Waals surface area contributed by atoms with Gasteiger partial charge in [-0.25, -0.2) is 0 Å². The van der Waals surface area contributed by atoms with Crippen molar-refractivity contribution >= 4 is 5.91 Å². The van der Waals surface area contributed by atoms with E-state index in [0.717, 1.165) is 24.4 Å². The van der Waals surface area contributed by atoms with E-state index in [0.29, 0.717) is 18.9 Å². The second-order valence-electron chi connectivity index (χ2n) is 6.98. The molecule has 1 amide bonds. The topological polar surface area (TPSA) is 67.6 Å². The summed E-state index contributed by atoms with van der Waals surface area (Å²) in [7, 11) is 1.69. The first-order valence-electron chi connectivity index (χ1n) is 8.93. The highest BCUT2D eigenvalue weighted by Crippen LogP contribution is 2.31. The number of nitrogens with two attached hydrogens (primary N) is 1. The Kier molecular flexibility index (Phi) is 7.06. The van der Waals surface area contributed by atoms with Crippen LogP contribution in [0.15, 0.2) is 24.3 Å². The lowest BCUT2D eigenvalue weighted by Crippen LogP contribution is -2.45. The molecule has 0 aliphatic carbocycles. The van der Waals surface area contributed by atoms with E-state index in [1.54, 1.807) is 7.11 Å². The molecule has 0 aromatic heterocycles. The molecule has 1 aromatic rings. The van der Waals surface area contributed by atoms with Crippen molar-refractivity contribution in [2.45, 2.75) is 45.2 Å². The first-order valence-corrected chi connectivity index (χ1v) is 8.93. The Morgan fingerprint density at radius 1 is 1.29 bits per heavy atom. The van der Waals surface area contributed by atoms with Gasteiger partial charge in [-0.15, -0.1) is 0 Å². The van der Waals surface area contributed by atoms with Gasteiger partial charge in [-0.05, 0) is 44.3 Å². The summed E-state index contributed by atoms with van der Waals surface area (Å²) in [6.07, 6.45) is 3.10. The molecule has 2 rings (SSSR count). The molecule has 134 valence electrons. The van der Waals surface area contributed by atoms with E-state index in [9.17, 15) is 4.79 Å². The van der Waals surface area contributed by atoms with Crippen LogP contribution in [-0.2, 0) is 4.79 Å². The molecule has 1 aliphatic heterocycles. The van der Waals surface area contributed by atoms with Crippen LogP contribution in [0.2, 0.25) is 0 Å². The Hall–Kier alpha value is -1.59. The van der Waals surface area contributed by atoms with Gasteiger partial charge in [-0.2, -0.15) is 0 Å². The fraction of sp³-hybridized carbons (Fsp3) is 0.632. The van der Waals surface area contributed by atoms with Crippen LogP contribution in [0.4, 0.5) is 0 Å². The van der Waals surface area contributed by atoms with E-state index in [-0.39, 0.29) is 11.9 Å². The van der Waals surface area contributed by atoms with Crippen LogP contribution in [0.5, 0.6) is 5.75 Å². The van der Waals surface area contributed by atoms with Crippen molar-refractivity contribution < 1.29 is 9.53 Å². The van der Waals surface area contributed by atoms with Crippen LogP contribution >= 0.6 is 0 Å². The monoisotopic (exact) mass is 333 g/mol. The van der Waals surface area contributed by atoms with Gasteiger partial charge in [0.25, 0.3) is 0 Å². The van der Waals surface area contributed by atoms with Crippen LogP contribution in [0.3, 0.4) is 0 Å². The molecule has 1 unspecified atom stereocenters. The van der Waals surface area contributed by atoms with Gasteiger partial charge in [0.15, 0.2) is 0 Å². The van der Waals surface area contributed by atoms with Crippen molar-refractivity contribution in [1.29, 1.82) is 0 Å². The van der Waals surface area contributed by atoms with Gasteiger partial charge in [0.05, 0.1) is 19.2 Å². The summed E-state index contributed by atoms with van der Waals surface area (Å²) < 4.78 is 5.53. The molecule has 1 fully saturated rings. The minimum atomic E-state index is -0.443. The second kappa shape index (κ2) is 9.04. The highest BCUT2D eigenvalue weighted by molar-refractivity contribution is 5.81. The molecule has 3 N–H and O–H groups in total. The van der Waals surface area contributed by atoms with Crippen molar-refractivity contribution in [3.05, 3.63) is 29.8 Å². The lowest BCUT2D eigenvalue weighted by atomic mass is 10.0. The van der Waals surface area contributed by atoms with E-state index >= 15 is 0 Å². The number of nitrogens with zero attached hydrogens (tertiary/aromatic N) is 1. The smallest absolute Gasteiger partial charge is 0.236 e. The number of ether oxygens (including phenoxy) is 1. The Balaban J connectivity index is 2.08. The fourth-order valence-electron chi connectivity index (χ4n) is 3.37. The number of hydrogen-bond donors (Lipinski definition) is 2. The minimum Gasteiger partial charge on any atom is -0.496 e. The van der Waals surface area contributed by atoms with E-state index in [4.69, 9.17) is 10.5 Å². The number of amides is 1. The summed E-state index contributed by atoms with van der Waals surface area (Å²) in [5.41, 5.74) is 7.13. The van der Waals surface area contributed by atoms with Crippen LogP contribution in [0, 0.1) is 5.92 Å². The number of methoxy groups -OCH3 is 1. The summed E-state index contributed by atoms with van der Waals surface area (Å²) >= 11 is 0. The van der Waals surface area contributed by atoms with Gasteiger partial charge in [0.1, 0.15) is 5.75 Å². The van der Waals surface area contributed by atoms with E-state index < -0.39 is 6.04 Å². The molecule has 5 heteroatoms. The highest BCUT2D eigenvalue weighted by Gasteiger charge is 2.27. The zero-order valence-corrected chi connectivity index (χ0v) is 15.1. The van der Waals surface area contributed by atoms with Crippen LogP contribution in [0.25, 0.3) is 0 Å². The van der Waals surface area contributed by atoms with Gasteiger partial charge >= 0.3 is 0 Å². The number of carbonyl (C=O) groups is 1. The zero-order valence-electron chi connectivity index (χ0n) is 15.1. The molecule has 0 spiro atoms. The van der Waals surface area contributed by atoms with Crippen LogP contribution in [-0.4, -0.2) is 43.6 Å². The molecule has 1 heterocycles. The maximum Gasteiger partial charge on any atom is 0.236 e. The Morgan fingerprint density at radius 2 is 1.96 bits per heavy atom. The normalized spacial score (nSPS) is 17.7. The first kappa shape index (κ1) is 18.7. The predicted octanol–water partition coefficient (Wildman–Crippen LogP) is 2.32. The first-order chi connectivity index (χ1) is 11.5. The zero-order chi connectivity index (χ0) is 17.5. The minimum absolute atomic E-state index is 0.0669. The molecule has 1 saturated heterocycles. The molecule has 0 radical (unpaired) electrons. The molecule has 0 bridgehead atoms. The Morgan fingerprint density at radius 3 is 2.58 bits per heavy atom. The summed E-state index contributed by atoms with van der Waals surface area (Å²) in [6, 6.07) is 7.74. The summed E-state index contributed by atoms with van der Waals surface area (Å²) in [5, 5.41) is 3.05. The number of benzene rings is 1. The van der Waals surface area contributed by atoms with Gasteiger partial charge in [0.2, 0.25) is 5.91 Å². The SMILES string of the molecule is COc1ccccc1C(CNC(=O)[C@@H](N)CC(C)C)N1CCCC1. The quantitative estimate of drug-likeness (QED) is 0.766. The van der Waals surface area contributed by atoms with Crippen LogP contribution in [0.1, 0.15) is 44.7 Å². The molecule has 1 aromatic carbocycles. The number of rotatable bonds is 8. The van der Waals surface area contributed by atoms with Gasteiger partial charge in [-0.3, -0.25) is 9.69 Å². The van der Waals surface area contributed by atoms with Crippen LogP contribution < -0.4 is 15.8 Å². The van der Waals surface area contributed by atoms with Crippen molar-refractivity contribution in [3.63, 3.8) is 0 Å². The predicted molar refractivity (Wildman–Crippen MR) is 97.0 cm³/mol. The van der Waals surface area contributed by atoms with Gasteiger partial charge in [-0.1, -0.05) is 32.0 Å². The Bertz CT molecular complexity index is 527. The molecule has 0 saturated carbocycles. The third-order valence-electron chi connectivity index (χ3n) is 4.61. The molecule has 24 heavy (non-hydrogen) atoms. The third-order valence-corrected chi connectivity index (χ3v) is 4.61. The lowest BCUT2D eigenvalue weighted by molar-refractivity contribution is -0.122. The number of para-hydroxylation sites is 1. The van der Waals surface area contributed by atoms with Gasteiger partial charge < -0.3 is 15.8 Å². The third kappa shape index (κ3) is 4.95. The van der Waals surface area contributed by atoms with Crippen molar-refractivity contribution in [3.8, 4) is 5.75 Å². The molecular formula is C19H31N3O2. The molecule has 2 atom stereocenters. The van der Waals surface area contributed by atoms with Crippen molar-refractivity contribution in [2.75, 3.05) is 26.7 Å². The summed E-state index contributed by atoms with van der Waals surface area (Å²) in [5.74, 6) is 1.22. The van der Waals surface area contributed by atoms with E-state index in [1.165, 1.54) is 12.8 Å². The maximum absolute atomic E-state index is 12.3. The average molecular weight is 333 g/mol. The van der Waals surface area contributed by atoms with E-state index in [2.05, 4.69) is 30.1 Å². The van der Waals surface area contributed by atoms with Gasteiger partial charge in [0, 0.05) is 12.1 Å². The maximum atomic E-state index is 12.3. The second-order valence-corrected chi connectivity index (χ2v) is 6.98. The Labute approximate surface area is 145 Å².